The highest BCUT2D eigenvalue weighted by Crippen LogP contribution is 2.32. The summed E-state index contributed by atoms with van der Waals surface area (Å²) in [4.78, 5) is 21.5. The van der Waals surface area contributed by atoms with Gasteiger partial charge in [-0.15, -0.1) is 0 Å². The quantitative estimate of drug-likeness (QED) is 0.598. The van der Waals surface area contributed by atoms with Crippen LogP contribution in [0.3, 0.4) is 0 Å². The molecule has 0 aromatic heterocycles. The van der Waals surface area contributed by atoms with Gasteiger partial charge in [-0.05, 0) is 24.6 Å². The summed E-state index contributed by atoms with van der Waals surface area (Å²) in [6, 6.07) is 13.1. The smallest absolute Gasteiger partial charge is 0.269 e. The predicted molar refractivity (Wildman–Crippen MR) is 84.8 cm³/mol. The van der Waals surface area contributed by atoms with Crippen LogP contribution in [0.2, 0.25) is 0 Å². The van der Waals surface area contributed by atoms with Gasteiger partial charge in [0.15, 0.2) is 9.84 Å². The number of nitro groups is 1. The average Bonchev–Trinajstić information content (AvgIpc) is 2.53. The zero-order valence-electron chi connectivity index (χ0n) is 12.4. The van der Waals surface area contributed by atoms with E-state index in [0.29, 0.717) is 5.56 Å². The first-order valence-corrected chi connectivity index (χ1v) is 8.39. The van der Waals surface area contributed by atoms with Crippen LogP contribution in [0.5, 0.6) is 0 Å². The highest BCUT2D eigenvalue weighted by atomic mass is 32.2. The van der Waals surface area contributed by atoms with Gasteiger partial charge in [-0.25, -0.2) is 8.42 Å². The third kappa shape index (κ3) is 3.81. The lowest BCUT2D eigenvalue weighted by molar-refractivity contribution is -0.384. The van der Waals surface area contributed by atoms with E-state index in [2.05, 4.69) is 0 Å². The van der Waals surface area contributed by atoms with E-state index in [1.54, 1.807) is 30.3 Å². The fourth-order valence-electron chi connectivity index (χ4n) is 2.26. The van der Waals surface area contributed by atoms with Crippen LogP contribution < -0.4 is 0 Å². The van der Waals surface area contributed by atoms with Gasteiger partial charge in [0.2, 0.25) is 0 Å². The predicted octanol–water partition coefficient (Wildman–Crippen LogP) is 3.09. The number of Topliss-reactive ketones (excluding diaryl/α,β-unsaturated/α-hetero) is 1. The number of nitro benzene ring substituents is 1. The largest absolute Gasteiger partial charge is 0.300 e. The Labute approximate surface area is 133 Å². The zero-order chi connectivity index (χ0) is 17.0. The molecule has 0 aliphatic carbocycles. The van der Waals surface area contributed by atoms with Gasteiger partial charge in [-0.3, -0.25) is 14.9 Å². The Morgan fingerprint density at radius 3 is 2.13 bits per heavy atom. The Kier molecular flexibility index (Phi) is 4.90. The molecule has 0 amide bonds. The minimum Gasteiger partial charge on any atom is -0.300 e. The zero-order valence-corrected chi connectivity index (χ0v) is 13.2. The SMILES string of the molecule is CC(=O)C[C@H](c1ccccc1)S(=O)(=O)c1ccc([N+](=O)[O-])cc1. The number of nitrogens with zero attached hydrogens (tertiary/aromatic N) is 1. The molecule has 0 bridgehead atoms. The first-order valence-electron chi connectivity index (χ1n) is 6.85. The van der Waals surface area contributed by atoms with Gasteiger partial charge in [0.25, 0.3) is 5.69 Å². The molecule has 1 atom stereocenters. The van der Waals surface area contributed by atoms with Crippen LogP contribution in [0, 0.1) is 10.1 Å². The summed E-state index contributed by atoms with van der Waals surface area (Å²) in [5.41, 5.74) is 0.327. The molecular weight excluding hydrogens is 318 g/mol. The lowest BCUT2D eigenvalue weighted by Gasteiger charge is -2.17. The van der Waals surface area contributed by atoms with E-state index < -0.39 is 20.0 Å². The fourth-order valence-corrected chi connectivity index (χ4v) is 4.07. The number of carbonyl (C=O) groups excluding carboxylic acids is 1. The van der Waals surface area contributed by atoms with Crippen LogP contribution in [-0.2, 0) is 14.6 Å². The van der Waals surface area contributed by atoms with E-state index in [1.165, 1.54) is 19.1 Å². The summed E-state index contributed by atoms with van der Waals surface area (Å²) in [7, 11) is -3.84. The molecule has 0 aliphatic rings. The summed E-state index contributed by atoms with van der Waals surface area (Å²) in [6.07, 6.45) is -0.149. The Bertz CT molecular complexity index is 813. The maximum Gasteiger partial charge on any atom is 0.269 e. The van der Waals surface area contributed by atoms with Gasteiger partial charge in [0.1, 0.15) is 5.78 Å². The molecule has 2 rings (SSSR count). The summed E-state index contributed by atoms with van der Waals surface area (Å²) >= 11 is 0. The van der Waals surface area contributed by atoms with Gasteiger partial charge >= 0.3 is 0 Å². The van der Waals surface area contributed by atoms with Crippen molar-refractivity contribution in [3.05, 3.63) is 70.3 Å². The van der Waals surface area contributed by atoms with Crippen molar-refractivity contribution in [1.29, 1.82) is 0 Å². The van der Waals surface area contributed by atoms with E-state index >= 15 is 0 Å². The molecule has 0 fully saturated rings. The molecule has 0 spiro atoms. The lowest BCUT2D eigenvalue weighted by atomic mass is 10.1. The monoisotopic (exact) mass is 333 g/mol. The molecule has 7 heteroatoms. The van der Waals surface area contributed by atoms with Crippen molar-refractivity contribution in [2.75, 3.05) is 0 Å². The van der Waals surface area contributed by atoms with Crippen molar-refractivity contribution < 1.29 is 18.1 Å². The third-order valence-corrected chi connectivity index (χ3v) is 5.51. The molecule has 23 heavy (non-hydrogen) atoms. The number of carbonyl (C=O) groups is 1. The van der Waals surface area contributed by atoms with Gasteiger partial charge in [-0.2, -0.15) is 0 Å². The van der Waals surface area contributed by atoms with Crippen molar-refractivity contribution in [3.63, 3.8) is 0 Å². The average molecular weight is 333 g/mol. The number of sulfone groups is 1. The second-order valence-corrected chi connectivity index (χ2v) is 7.23. The third-order valence-electron chi connectivity index (χ3n) is 3.39. The molecule has 6 nitrogen and oxygen atoms in total. The topological polar surface area (TPSA) is 94.3 Å². The Morgan fingerprint density at radius 2 is 1.65 bits per heavy atom. The summed E-state index contributed by atoms with van der Waals surface area (Å²) in [5.74, 6) is -0.246. The summed E-state index contributed by atoms with van der Waals surface area (Å²) < 4.78 is 25.7. The number of ketones is 1. The molecule has 0 N–H and O–H groups in total. The van der Waals surface area contributed by atoms with E-state index in [0.717, 1.165) is 12.1 Å². The molecule has 120 valence electrons. The molecule has 2 aromatic rings. The molecule has 0 unspecified atom stereocenters. The molecule has 0 heterocycles. The minimum atomic E-state index is -3.84. The van der Waals surface area contributed by atoms with Crippen LogP contribution in [0.4, 0.5) is 5.69 Å². The van der Waals surface area contributed by atoms with Crippen molar-refractivity contribution in [2.24, 2.45) is 0 Å². The second kappa shape index (κ2) is 6.70. The highest BCUT2D eigenvalue weighted by Gasteiger charge is 2.30. The first-order chi connectivity index (χ1) is 10.8. The molecule has 0 saturated carbocycles. The number of benzene rings is 2. The maximum absolute atomic E-state index is 12.8. The Hall–Kier alpha value is -2.54. The van der Waals surface area contributed by atoms with Crippen molar-refractivity contribution in [1.82, 2.24) is 0 Å². The number of hydrogen-bond donors (Lipinski definition) is 0. The molecule has 0 saturated heterocycles. The Morgan fingerprint density at radius 1 is 1.09 bits per heavy atom. The maximum atomic E-state index is 12.8. The lowest BCUT2D eigenvalue weighted by Crippen LogP contribution is -2.16. The molecule has 0 radical (unpaired) electrons. The van der Waals surface area contributed by atoms with E-state index in [-0.39, 0.29) is 22.8 Å². The van der Waals surface area contributed by atoms with Gasteiger partial charge in [0, 0.05) is 18.6 Å². The number of rotatable bonds is 6. The molecule has 2 aromatic carbocycles. The minimum absolute atomic E-state index is 0.0433. The van der Waals surface area contributed by atoms with Crippen molar-refractivity contribution in [3.8, 4) is 0 Å². The van der Waals surface area contributed by atoms with Crippen LogP contribution >= 0.6 is 0 Å². The van der Waals surface area contributed by atoms with Crippen molar-refractivity contribution >= 4 is 21.3 Å². The van der Waals surface area contributed by atoms with E-state index in [1.807, 2.05) is 0 Å². The molecule has 0 aliphatic heterocycles. The van der Waals surface area contributed by atoms with Gasteiger partial charge in [-0.1, -0.05) is 30.3 Å². The van der Waals surface area contributed by atoms with Crippen LogP contribution in [0.25, 0.3) is 0 Å². The van der Waals surface area contributed by atoms with Gasteiger partial charge < -0.3 is 0 Å². The molecular formula is C16H15NO5S. The number of non-ortho nitro benzene ring substituents is 1. The highest BCUT2D eigenvalue weighted by molar-refractivity contribution is 7.91. The van der Waals surface area contributed by atoms with Crippen LogP contribution in [0.1, 0.15) is 24.2 Å². The van der Waals surface area contributed by atoms with Crippen molar-refractivity contribution in [2.45, 2.75) is 23.5 Å². The number of hydrogen-bond acceptors (Lipinski definition) is 5. The fraction of sp³-hybridized carbons (Fsp3) is 0.188. The first kappa shape index (κ1) is 16.8. The second-order valence-electron chi connectivity index (χ2n) is 5.10. The summed E-state index contributed by atoms with van der Waals surface area (Å²) in [6.45, 7) is 1.33. The van der Waals surface area contributed by atoms with Crippen LogP contribution in [-0.4, -0.2) is 19.1 Å². The van der Waals surface area contributed by atoms with E-state index in [9.17, 15) is 23.3 Å². The van der Waals surface area contributed by atoms with Crippen LogP contribution in [0.15, 0.2) is 59.5 Å². The Balaban J connectivity index is 2.47. The normalized spacial score (nSPS) is 12.6. The summed E-state index contributed by atoms with van der Waals surface area (Å²) in [5, 5.41) is 9.66. The standard InChI is InChI=1S/C16H15NO5S/c1-12(18)11-16(13-5-3-2-4-6-13)23(21,22)15-9-7-14(8-10-15)17(19)20/h2-10,16H,11H2,1H3/t16-/m1/s1. The van der Waals surface area contributed by atoms with E-state index in [4.69, 9.17) is 0 Å². The van der Waals surface area contributed by atoms with Gasteiger partial charge in [0.05, 0.1) is 15.1 Å².